The van der Waals surface area contributed by atoms with Gasteiger partial charge >= 0.3 is 23.5 Å². The van der Waals surface area contributed by atoms with Crippen molar-refractivity contribution in [2.75, 3.05) is 37.8 Å². The number of nitrogen functional groups attached to an aromatic ring is 1. The SMILES string of the molecule is CCCCCCCCCCCCCCCC(C)CCCCCCCC(=O)SCCNC(=O)CCNC(=O)C(O)C(C)(C)COP(=O)(O)OP(=O)(O)OCC1OC(n2cnc3c(N)ncnc32)C(O)C1OP(=O)(O)O. The number of thioether (sulfide) groups is 1. The highest BCUT2D eigenvalue weighted by atomic mass is 32.2. The Morgan fingerprint density at radius 1 is 0.811 bits per heavy atom. The van der Waals surface area contributed by atoms with E-state index in [9.17, 15) is 57.9 Å². The number of nitrogens with one attached hydrogen (secondary N) is 2. The van der Waals surface area contributed by atoms with Gasteiger partial charge < -0.3 is 50.9 Å². The number of unbranched alkanes of at least 4 members (excludes halogenated alkanes) is 16. The molecule has 10 N–H and O–H groups in total. The van der Waals surface area contributed by atoms with Crippen molar-refractivity contribution in [3.05, 3.63) is 12.7 Å². The molecule has 1 fully saturated rings. The molecular weight excluding hydrogens is 1050 g/mol. The highest BCUT2D eigenvalue weighted by molar-refractivity contribution is 8.13. The molecular formula is C46H84N7O17P3S. The lowest BCUT2D eigenvalue weighted by molar-refractivity contribution is -0.137. The Kier molecular flexibility index (Phi) is 30.0. The monoisotopic (exact) mass is 1130 g/mol. The summed E-state index contributed by atoms with van der Waals surface area (Å²) in [5.41, 5.74) is 4.30. The fraction of sp³-hybridized carbons (Fsp3) is 0.826. The van der Waals surface area contributed by atoms with Crippen molar-refractivity contribution >= 4 is 69.1 Å². The third-order valence-corrected chi connectivity index (χ3v) is 16.7. The first kappa shape index (κ1) is 65.8. The fourth-order valence-corrected chi connectivity index (χ4v) is 11.9. The van der Waals surface area contributed by atoms with Gasteiger partial charge in [-0.15, -0.1) is 0 Å². The second-order valence-electron chi connectivity index (χ2n) is 19.7. The van der Waals surface area contributed by atoms with Crippen LogP contribution in [-0.4, -0.2) is 123 Å². The molecule has 3 rings (SSSR count). The number of nitrogens with two attached hydrogens (primary N) is 1. The van der Waals surface area contributed by atoms with Gasteiger partial charge in [0.25, 0.3) is 0 Å². The summed E-state index contributed by atoms with van der Waals surface area (Å²) in [4.78, 5) is 88.7. The fourth-order valence-electron chi connectivity index (χ4n) is 8.31. The van der Waals surface area contributed by atoms with E-state index in [-0.39, 0.29) is 41.6 Å². The van der Waals surface area contributed by atoms with E-state index in [1.165, 1.54) is 123 Å². The number of carbonyl (C=O) groups is 3. The van der Waals surface area contributed by atoms with Crippen LogP contribution < -0.4 is 16.4 Å². The van der Waals surface area contributed by atoms with Crippen LogP contribution in [0.15, 0.2) is 12.7 Å². The molecule has 426 valence electrons. The molecule has 3 heterocycles. The Hall–Kier alpha value is -2.44. The smallest absolute Gasteiger partial charge is 0.386 e. The molecule has 2 amide bonds. The molecule has 1 aliphatic rings. The van der Waals surface area contributed by atoms with Gasteiger partial charge in [0.2, 0.25) is 11.8 Å². The number of aliphatic hydroxyl groups excluding tert-OH is 2. The Morgan fingerprint density at radius 3 is 1.97 bits per heavy atom. The minimum absolute atomic E-state index is 0.0344. The Balaban J connectivity index is 1.23. The van der Waals surface area contributed by atoms with Gasteiger partial charge in [0.15, 0.2) is 22.8 Å². The quantitative estimate of drug-likeness (QED) is 0.0230. The maximum Gasteiger partial charge on any atom is 0.481 e. The van der Waals surface area contributed by atoms with Crippen LogP contribution in [0.25, 0.3) is 11.2 Å². The number of phosphoric ester groups is 3. The summed E-state index contributed by atoms with van der Waals surface area (Å²) in [6.45, 7) is 5.22. The number of phosphoric acid groups is 3. The predicted molar refractivity (Wildman–Crippen MR) is 279 cm³/mol. The first-order chi connectivity index (χ1) is 34.9. The first-order valence-electron chi connectivity index (χ1n) is 26.0. The van der Waals surface area contributed by atoms with Gasteiger partial charge in [0.1, 0.15) is 36.3 Å². The standard InChI is InChI=1S/C46H84N7O17P3S/c1-5-6-7-8-9-10-11-12-13-14-15-17-20-23-34(2)24-21-18-16-19-22-25-37(55)74-29-28-48-36(54)26-27-49-44(58)41(57)46(3,4)31-67-73(64,65)70-72(62,63)66-30-35-40(69-71(59,60)61)39(56)45(68-35)53-33-52-38-42(47)50-32-51-43(38)53/h32-35,39-41,45,56-57H,5-31H2,1-4H3,(H,48,54)(H,49,58)(H,62,63)(H,64,65)(H2,47,50,51)(H2,59,60,61). The lowest BCUT2D eigenvalue weighted by Crippen LogP contribution is -2.46. The van der Waals surface area contributed by atoms with E-state index in [1.807, 2.05) is 0 Å². The van der Waals surface area contributed by atoms with E-state index in [4.69, 9.17) is 19.5 Å². The average Bonchev–Trinajstić information content (AvgIpc) is 3.89. The third kappa shape index (κ3) is 25.8. The van der Waals surface area contributed by atoms with Crippen LogP contribution in [0.3, 0.4) is 0 Å². The van der Waals surface area contributed by atoms with Crippen LogP contribution in [0, 0.1) is 11.3 Å². The zero-order valence-electron chi connectivity index (χ0n) is 43.5. The molecule has 2 aromatic rings. The molecule has 2 aromatic heterocycles. The predicted octanol–water partition coefficient (Wildman–Crippen LogP) is 7.51. The molecule has 0 saturated carbocycles. The normalized spacial score (nSPS) is 19.8. The van der Waals surface area contributed by atoms with Crippen molar-refractivity contribution in [1.29, 1.82) is 0 Å². The highest BCUT2D eigenvalue weighted by Crippen LogP contribution is 2.61. The van der Waals surface area contributed by atoms with Crippen molar-refractivity contribution in [3.63, 3.8) is 0 Å². The van der Waals surface area contributed by atoms with E-state index < -0.39 is 84.6 Å². The Morgan fingerprint density at radius 2 is 1.38 bits per heavy atom. The number of ether oxygens (including phenoxy) is 1. The number of aliphatic hydroxyl groups is 2. The molecule has 8 atom stereocenters. The number of amides is 2. The van der Waals surface area contributed by atoms with Crippen molar-refractivity contribution in [3.8, 4) is 0 Å². The maximum absolute atomic E-state index is 12.8. The average molecular weight is 1130 g/mol. The van der Waals surface area contributed by atoms with Gasteiger partial charge in [-0.1, -0.05) is 161 Å². The minimum atomic E-state index is -5.58. The number of carbonyl (C=O) groups excluding carboxylic acids is 3. The number of nitrogens with zero attached hydrogens (tertiary/aromatic N) is 4. The number of fused-ring (bicyclic) bond motifs is 1. The molecule has 0 bridgehead atoms. The van der Waals surface area contributed by atoms with E-state index in [1.54, 1.807) is 0 Å². The summed E-state index contributed by atoms with van der Waals surface area (Å²) in [5, 5.41) is 26.8. The van der Waals surface area contributed by atoms with E-state index in [0.29, 0.717) is 12.2 Å². The van der Waals surface area contributed by atoms with Gasteiger partial charge in [0, 0.05) is 37.1 Å². The van der Waals surface area contributed by atoms with Crippen LogP contribution in [0.5, 0.6) is 0 Å². The number of imidazole rings is 1. The lowest BCUT2D eigenvalue weighted by atomic mass is 9.87. The lowest BCUT2D eigenvalue weighted by Gasteiger charge is -2.30. The van der Waals surface area contributed by atoms with E-state index in [0.717, 1.165) is 54.2 Å². The second kappa shape index (κ2) is 33.8. The first-order valence-corrected chi connectivity index (χ1v) is 31.5. The highest BCUT2D eigenvalue weighted by Gasteiger charge is 2.50. The van der Waals surface area contributed by atoms with Crippen molar-refractivity contribution < 1.29 is 80.5 Å². The van der Waals surface area contributed by atoms with E-state index in [2.05, 4.69) is 48.3 Å². The largest absolute Gasteiger partial charge is 0.481 e. The van der Waals surface area contributed by atoms with Crippen molar-refractivity contribution in [1.82, 2.24) is 30.2 Å². The second-order valence-corrected chi connectivity index (χ2v) is 25.1. The summed E-state index contributed by atoms with van der Waals surface area (Å²) in [6.07, 6.45) is 19.5. The molecule has 1 saturated heterocycles. The molecule has 0 spiro atoms. The van der Waals surface area contributed by atoms with Crippen LogP contribution in [0.4, 0.5) is 5.82 Å². The van der Waals surface area contributed by atoms with Gasteiger partial charge in [-0.2, -0.15) is 4.31 Å². The molecule has 74 heavy (non-hydrogen) atoms. The third-order valence-electron chi connectivity index (χ3n) is 12.6. The Labute approximate surface area is 439 Å². The molecule has 1 aliphatic heterocycles. The van der Waals surface area contributed by atoms with Crippen LogP contribution in [0.1, 0.15) is 175 Å². The van der Waals surface area contributed by atoms with Crippen molar-refractivity contribution in [2.45, 2.75) is 200 Å². The van der Waals surface area contributed by atoms with E-state index >= 15 is 0 Å². The molecule has 0 radical (unpaired) electrons. The van der Waals surface area contributed by atoms with Crippen molar-refractivity contribution in [2.24, 2.45) is 11.3 Å². The number of rotatable bonds is 41. The topological polar surface area (TPSA) is 364 Å². The van der Waals surface area contributed by atoms with Gasteiger partial charge in [-0.25, -0.2) is 28.6 Å². The number of hydrogen-bond acceptors (Lipinski definition) is 18. The van der Waals surface area contributed by atoms with Gasteiger partial charge in [-0.3, -0.25) is 32.5 Å². The molecule has 0 aromatic carbocycles. The number of hydrogen-bond donors (Lipinski definition) is 9. The van der Waals surface area contributed by atoms with Crippen LogP contribution >= 0.6 is 35.2 Å². The zero-order valence-corrected chi connectivity index (χ0v) is 47.0. The molecule has 28 heteroatoms. The number of aromatic nitrogens is 4. The Bertz CT molecular complexity index is 2140. The summed E-state index contributed by atoms with van der Waals surface area (Å²) in [6, 6.07) is 0. The summed E-state index contributed by atoms with van der Waals surface area (Å²) in [7, 11) is -16.4. The molecule has 24 nitrogen and oxygen atoms in total. The van der Waals surface area contributed by atoms with Crippen LogP contribution in [-0.2, 0) is 50.7 Å². The summed E-state index contributed by atoms with van der Waals surface area (Å²) < 4.78 is 62.6. The summed E-state index contributed by atoms with van der Waals surface area (Å²) >= 11 is 1.16. The number of anilines is 1. The van der Waals surface area contributed by atoms with Gasteiger partial charge in [0.05, 0.1) is 19.5 Å². The maximum atomic E-state index is 12.8. The molecule has 0 aliphatic carbocycles. The summed E-state index contributed by atoms with van der Waals surface area (Å²) in [5.74, 6) is -0.251. The minimum Gasteiger partial charge on any atom is -0.386 e. The zero-order chi connectivity index (χ0) is 54.8. The molecule has 8 unspecified atom stereocenters. The van der Waals surface area contributed by atoms with Gasteiger partial charge in [-0.05, 0) is 12.3 Å². The van der Waals surface area contributed by atoms with Crippen LogP contribution in [0.2, 0.25) is 0 Å².